The Balaban J connectivity index is 2.10. The molecule has 1 N–H and O–H groups in total. The van der Waals surface area contributed by atoms with Crippen molar-refractivity contribution in [2.45, 2.75) is 39.4 Å². The predicted octanol–water partition coefficient (Wildman–Crippen LogP) is 3.26. The number of aromatic nitrogens is 1. The topological polar surface area (TPSA) is 42.4 Å². The van der Waals surface area contributed by atoms with Crippen molar-refractivity contribution in [2.75, 3.05) is 6.61 Å². The smallest absolute Gasteiger partial charge is 0.0965 e. The molecule has 0 aliphatic heterocycles. The number of benzene rings is 1. The lowest BCUT2D eigenvalue weighted by molar-refractivity contribution is -0.0562. The highest BCUT2D eigenvalue weighted by Crippen LogP contribution is 2.24. The van der Waals surface area contributed by atoms with Crippen molar-refractivity contribution in [2.24, 2.45) is 5.92 Å². The molecule has 0 aliphatic rings. The van der Waals surface area contributed by atoms with E-state index < -0.39 is 6.10 Å². The van der Waals surface area contributed by atoms with Crippen LogP contribution in [0.2, 0.25) is 0 Å². The molecule has 0 amide bonds. The molecule has 19 heavy (non-hydrogen) atoms. The van der Waals surface area contributed by atoms with Gasteiger partial charge in [0.05, 0.1) is 27.4 Å². The average molecular weight is 279 g/mol. The van der Waals surface area contributed by atoms with Crippen LogP contribution in [0.4, 0.5) is 0 Å². The molecule has 0 saturated heterocycles. The fraction of sp³-hybridized carbons (Fsp3) is 0.533. The molecule has 0 aliphatic carbocycles. The lowest BCUT2D eigenvalue weighted by Gasteiger charge is -2.25. The molecule has 0 bridgehead atoms. The van der Waals surface area contributed by atoms with Crippen molar-refractivity contribution in [1.29, 1.82) is 0 Å². The molecule has 0 saturated carbocycles. The van der Waals surface area contributed by atoms with Crippen LogP contribution in [-0.2, 0) is 11.2 Å². The first-order chi connectivity index (χ1) is 9.11. The summed E-state index contributed by atoms with van der Waals surface area (Å²) in [7, 11) is 0. The molecule has 4 heteroatoms. The molecule has 1 aromatic carbocycles. The number of rotatable bonds is 6. The van der Waals surface area contributed by atoms with E-state index in [-0.39, 0.29) is 6.10 Å². The maximum Gasteiger partial charge on any atom is 0.0965 e. The lowest BCUT2D eigenvalue weighted by Crippen LogP contribution is -2.35. The van der Waals surface area contributed by atoms with Crippen LogP contribution in [0.5, 0.6) is 0 Å². The Labute approximate surface area is 118 Å². The molecule has 2 rings (SSSR count). The predicted molar refractivity (Wildman–Crippen MR) is 79.6 cm³/mol. The van der Waals surface area contributed by atoms with Crippen LogP contribution in [0.25, 0.3) is 10.2 Å². The fourth-order valence-electron chi connectivity index (χ4n) is 2.24. The maximum atomic E-state index is 10.3. The zero-order chi connectivity index (χ0) is 13.8. The van der Waals surface area contributed by atoms with Crippen LogP contribution >= 0.6 is 11.3 Å². The van der Waals surface area contributed by atoms with Gasteiger partial charge in [-0.3, -0.25) is 0 Å². The number of thiazole rings is 1. The van der Waals surface area contributed by atoms with Gasteiger partial charge in [0.25, 0.3) is 0 Å². The first-order valence-corrected chi connectivity index (χ1v) is 7.57. The quantitative estimate of drug-likeness (QED) is 0.882. The largest absolute Gasteiger partial charge is 0.390 e. The first-order valence-electron chi connectivity index (χ1n) is 6.76. The molecule has 2 atom stereocenters. The van der Waals surface area contributed by atoms with E-state index in [0.717, 1.165) is 10.5 Å². The number of hydrogen-bond acceptors (Lipinski definition) is 4. The summed E-state index contributed by atoms with van der Waals surface area (Å²) < 4.78 is 6.81. The third-order valence-corrected chi connectivity index (χ3v) is 4.18. The van der Waals surface area contributed by atoms with Crippen molar-refractivity contribution in [3.8, 4) is 0 Å². The zero-order valence-corrected chi connectivity index (χ0v) is 12.5. The Morgan fingerprint density at radius 2 is 2.05 bits per heavy atom. The third-order valence-electron chi connectivity index (χ3n) is 3.12. The normalized spacial score (nSPS) is 15.0. The number of hydrogen-bond donors (Lipinski definition) is 1. The third kappa shape index (κ3) is 3.53. The molecule has 104 valence electrons. The van der Waals surface area contributed by atoms with Gasteiger partial charge in [-0.1, -0.05) is 26.0 Å². The van der Waals surface area contributed by atoms with E-state index in [1.54, 1.807) is 11.3 Å². The number of aliphatic hydroxyl groups excluding tert-OH is 1. The van der Waals surface area contributed by atoms with Crippen LogP contribution < -0.4 is 0 Å². The summed E-state index contributed by atoms with van der Waals surface area (Å²) in [5, 5.41) is 11.3. The van der Waals surface area contributed by atoms with Crippen molar-refractivity contribution in [1.82, 2.24) is 4.98 Å². The van der Waals surface area contributed by atoms with Gasteiger partial charge in [-0.05, 0) is 25.0 Å². The van der Waals surface area contributed by atoms with Gasteiger partial charge in [0.1, 0.15) is 0 Å². The van der Waals surface area contributed by atoms with Gasteiger partial charge in [-0.2, -0.15) is 0 Å². The van der Waals surface area contributed by atoms with E-state index in [1.807, 2.05) is 25.1 Å². The zero-order valence-electron chi connectivity index (χ0n) is 11.7. The minimum atomic E-state index is -0.500. The molecule has 3 nitrogen and oxygen atoms in total. The Morgan fingerprint density at radius 3 is 2.68 bits per heavy atom. The van der Waals surface area contributed by atoms with Crippen molar-refractivity contribution in [3.63, 3.8) is 0 Å². The second-order valence-electron chi connectivity index (χ2n) is 5.01. The van der Waals surface area contributed by atoms with E-state index in [9.17, 15) is 5.11 Å². The Bertz CT molecular complexity index is 491. The molecule has 2 aromatic rings. The van der Waals surface area contributed by atoms with Crippen LogP contribution in [0.1, 0.15) is 25.8 Å². The Morgan fingerprint density at radius 1 is 1.32 bits per heavy atom. The summed E-state index contributed by atoms with van der Waals surface area (Å²) in [5.74, 6) is 0.296. The Hall–Kier alpha value is -0.970. The van der Waals surface area contributed by atoms with Gasteiger partial charge in [0.2, 0.25) is 0 Å². The fourth-order valence-corrected chi connectivity index (χ4v) is 3.26. The van der Waals surface area contributed by atoms with Gasteiger partial charge in [0.15, 0.2) is 0 Å². The van der Waals surface area contributed by atoms with E-state index in [2.05, 4.69) is 24.9 Å². The van der Waals surface area contributed by atoms with Crippen LogP contribution in [0.3, 0.4) is 0 Å². The summed E-state index contributed by atoms with van der Waals surface area (Å²) in [4.78, 5) is 4.56. The highest BCUT2D eigenvalue weighted by molar-refractivity contribution is 7.18. The summed E-state index contributed by atoms with van der Waals surface area (Å²) in [6, 6.07) is 8.06. The van der Waals surface area contributed by atoms with E-state index in [1.165, 1.54) is 4.70 Å². The SMILES string of the molecule is CCOC(C(C)C)C(O)Cc1nc2ccccc2s1. The van der Waals surface area contributed by atoms with E-state index in [0.29, 0.717) is 18.9 Å². The second-order valence-corrected chi connectivity index (χ2v) is 6.13. The number of para-hydroxylation sites is 1. The number of aliphatic hydroxyl groups is 1. The van der Waals surface area contributed by atoms with Crippen LogP contribution in [0.15, 0.2) is 24.3 Å². The average Bonchev–Trinajstić information content (AvgIpc) is 2.77. The van der Waals surface area contributed by atoms with E-state index in [4.69, 9.17) is 4.74 Å². The van der Waals surface area contributed by atoms with E-state index >= 15 is 0 Å². The van der Waals surface area contributed by atoms with Gasteiger partial charge < -0.3 is 9.84 Å². The van der Waals surface area contributed by atoms with Gasteiger partial charge >= 0.3 is 0 Å². The summed E-state index contributed by atoms with van der Waals surface area (Å²) in [6.07, 6.45) is -0.0696. The molecular formula is C15H21NO2S. The summed E-state index contributed by atoms with van der Waals surface area (Å²) >= 11 is 1.65. The highest BCUT2D eigenvalue weighted by Gasteiger charge is 2.24. The first kappa shape index (κ1) is 14.4. The Kier molecular flexibility index (Phi) is 4.91. The van der Waals surface area contributed by atoms with Crippen molar-refractivity contribution >= 4 is 21.6 Å². The summed E-state index contributed by atoms with van der Waals surface area (Å²) in [6.45, 7) is 6.73. The molecular weight excluding hydrogens is 258 g/mol. The monoisotopic (exact) mass is 279 g/mol. The molecule has 1 heterocycles. The summed E-state index contributed by atoms with van der Waals surface area (Å²) in [5.41, 5.74) is 1.01. The molecule has 2 unspecified atom stereocenters. The van der Waals surface area contributed by atoms with Crippen molar-refractivity contribution < 1.29 is 9.84 Å². The van der Waals surface area contributed by atoms with Gasteiger partial charge in [-0.25, -0.2) is 4.98 Å². The molecule has 0 spiro atoms. The lowest BCUT2D eigenvalue weighted by atomic mass is 9.99. The maximum absolute atomic E-state index is 10.3. The van der Waals surface area contributed by atoms with Gasteiger partial charge in [0, 0.05) is 13.0 Å². The second kappa shape index (κ2) is 6.46. The van der Waals surface area contributed by atoms with Crippen LogP contribution in [0, 0.1) is 5.92 Å². The number of ether oxygens (including phenoxy) is 1. The number of nitrogens with zero attached hydrogens (tertiary/aromatic N) is 1. The number of fused-ring (bicyclic) bond motifs is 1. The van der Waals surface area contributed by atoms with Gasteiger partial charge in [-0.15, -0.1) is 11.3 Å². The van der Waals surface area contributed by atoms with Crippen molar-refractivity contribution in [3.05, 3.63) is 29.3 Å². The minimum absolute atomic E-state index is 0.128. The highest BCUT2D eigenvalue weighted by atomic mass is 32.1. The molecule has 0 radical (unpaired) electrons. The molecule has 1 aromatic heterocycles. The van der Waals surface area contributed by atoms with Crippen LogP contribution in [-0.4, -0.2) is 28.9 Å². The minimum Gasteiger partial charge on any atom is -0.390 e. The molecule has 0 fully saturated rings. The standard InChI is InChI=1S/C15H21NO2S/c1-4-18-15(10(2)3)12(17)9-14-16-11-7-5-6-8-13(11)19-14/h5-8,10,12,15,17H,4,9H2,1-3H3.